The molecule has 1 fully saturated rings. The SMILES string of the molecule is CCC(CN)C(=O)Nc1cccc(N2CCCC2=O)c1. The van der Waals surface area contributed by atoms with Gasteiger partial charge in [-0.25, -0.2) is 0 Å². The van der Waals surface area contributed by atoms with E-state index in [-0.39, 0.29) is 17.7 Å². The van der Waals surface area contributed by atoms with E-state index in [9.17, 15) is 9.59 Å². The van der Waals surface area contributed by atoms with Crippen molar-refractivity contribution in [1.29, 1.82) is 0 Å². The number of nitrogens with zero attached hydrogens (tertiary/aromatic N) is 1. The van der Waals surface area contributed by atoms with Crippen molar-refractivity contribution in [1.82, 2.24) is 0 Å². The van der Waals surface area contributed by atoms with Crippen LogP contribution in [-0.2, 0) is 9.59 Å². The summed E-state index contributed by atoms with van der Waals surface area (Å²) in [5.41, 5.74) is 7.12. The summed E-state index contributed by atoms with van der Waals surface area (Å²) in [6.07, 6.45) is 2.20. The van der Waals surface area contributed by atoms with Crippen LogP contribution in [0, 0.1) is 5.92 Å². The minimum Gasteiger partial charge on any atom is -0.330 e. The lowest BCUT2D eigenvalue weighted by Gasteiger charge is -2.18. The third kappa shape index (κ3) is 3.17. The van der Waals surface area contributed by atoms with Crippen LogP contribution in [0.15, 0.2) is 24.3 Å². The number of rotatable bonds is 5. The van der Waals surface area contributed by atoms with E-state index < -0.39 is 0 Å². The fourth-order valence-electron chi connectivity index (χ4n) is 2.38. The zero-order valence-corrected chi connectivity index (χ0v) is 11.8. The highest BCUT2D eigenvalue weighted by atomic mass is 16.2. The molecule has 1 aromatic rings. The second-order valence-electron chi connectivity index (χ2n) is 5.03. The summed E-state index contributed by atoms with van der Waals surface area (Å²) in [5, 5.41) is 2.87. The van der Waals surface area contributed by atoms with Gasteiger partial charge in [0.1, 0.15) is 0 Å². The first-order valence-electron chi connectivity index (χ1n) is 7.07. The predicted molar refractivity (Wildman–Crippen MR) is 79.5 cm³/mol. The first-order valence-corrected chi connectivity index (χ1v) is 7.07. The highest BCUT2D eigenvalue weighted by Crippen LogP contribution is 2.24. The van der Waals surface area contributed by atoms with Crippen molar-refractivity contribution in [3.8, 4) is 0 Å². The normalized spacial score (nSPS) is 16.3. The lowest BCUT2D eigenvalue weighted by atomic mass is 10.1. The Morgan fingerprint density at radius 3 is 2.90 bits per heavy atom. The van der Waals surface area contributed by atoms with Gasteiger partial charge in [-0.3, -0.25) is 9.59 Å². The average molecular weight is 275 g/mol. The Balaban J connectivity index is 2.10. The van der Waals surface area contributed by atoms with Gasteiger partial charge in [-0.15, -0.1) is 0 Å². The summed E-state index contributed by atoms with van der Waals surface area (Å²) in [6.45, 7) is 3.03. The van der Waals surface area contributed by atoms with Crippen LogP contribution in [0.1, 0.15) is 26.2 Å². The molecule has 20 heavy (non-hydrogen) atoms. The van der Waals surface area contributed by atoms with E-state index in [1.807, 2.05) is 31.2 Å². The van der Waals surface area contributed by atoms with Gasteiger partial charge in [-0.2, -0.15) is 0 Å². The molecule has 5 nitrogen and oxygen atoms in total. The minimum absolute atomic E-state index is 0.0695. The summed E-state index contributed by atoms with van der Waals surface area (Å²) < 4.78 is 0. The maximum Gasteiger partial charge on any atom is 0.228 e. The van der Waals surface area contributed by atoms with Crippen molar-refractivity contribution >= 4 is 23.2 Å². The largest absolute Gasteiger partial charge is 0.330 e. The number of nitrogens with one attached hydrogen (secondary N) is 1. The Hall–Kier alpha value is -1.88. The fraction of sp³-hybridized carbons (Fsp3) is 0.467. The molecule has 1 aliphatic heterocycles. The molecule has 2 rings (SSSR count). The molecule has 1 atom stereocenters. The van der Waals surface area contributed by atoms with Crippen LogP contribution < -0.4 is 16.0 Å². The Morgan fingerprint density at radius 1 is 1.50 bits per heavy atom. The van der Waals surface area contributed by atoms with Crippen molar-refractivity contribution in [3.63, 3.8) is 0 Å². The molecule has 0 aliphatic carbocycles. The molecule has 1 saturated heterocycles. The Kier molecular flexibility index (Phi) is 4.74. The number of benzene rings is 1. The van der Waals surface area contributed by atoms with Crippen molar-refractivity contribution < 1.29 is 9.59 Å². The monoisotopic (exact) mass is 275 g/mol. The van der Waals surface area contributed by atoms with Crippen molar-refractivity contribution in [3.05, 3.63) is 24.3 Å². The Labute approximate surface area is 119 Å². The van der Waals surface area contributed by atoms with Crippen LogP contribution in [0.4, 0.5) is 11.4 Å². The van der Waals surface area contributed by atoms with Crippen molar-refractivity contribution in [2.75, 3.05) is 23.3 Å². The minimum atomic E-state index is -0.174. The van der Waals surface area contributed by atoms with E-state index in [4.69, 9.17) is 5.73 Å². The average Bonchev–Trinajstić information content (AvgIpc) is 2.86. The molecule has 1 unspecified atom stereocenters. The number of hydrogen-bond donors (Lipinski definition) is 2. The second kappa shape index (κ2) is 6.52. The fourth-order valence-corrected chi connectivity index (χ4v) is 2.38. The third-order valence-corrected chi connectivity index (χ3v) is 3.65. The molecule has 0 spiro atoms. The highest BCUT2D eigenvalue weighted by molar-refractivity contribution is 5.97. The molecule has 0 radical (unpaired) electrons. The van der Waals surface area contributed by atoms with Gasteiger partial charge in [0.2, 0.25) is 11.8 Å². The van der Waals surface area contributed by atoms with Gasteiger partial charge < -0.3 is 16.0 Å². The molecule has 0 saturated carbocycles. The van der Waals surface area contributed by atoms with Gasteiger partial charge in [0.05, 0.1) is 5.92 Å². The summed E-state index contributed by atoms with van der Waals surface area (Å²) >= 11 is 0. The van der Waals surface area contributed by atoms with Crippen molar-refractivity contribution in [2.45, 2.75) is 26.2 Å². The number of anilines is 2. The van der Waals surface area contributed by atoms with E-state index in [1.165, 1.54) is 0 Å². The van der Waals surface area contributed by atoms with E-state index in [1.54, 1.807) is 4.90 Å². The molecule has 0 aromatic heterocycles. The predicted octanol–water partition coefficient (Wildman–Crippen LogP) is 1.74. The van der Waals surface area contributed by atoms with Crippen LogP contribution >= 0.6 is 0 Å². The summed E-state index contributed by atoms with van der Waals surface area (Å²) in [7, 11) is 0. The summed E-state index contributed by atoms with van der Waals surface area (Å²) in [6, 6.07) is 7.40. The first-order chi connectivity index (χ1) is 9.65. The zero-order chi connectivity index (χ0) is 14.5. The maximum atomic E-state index is 12.0. The molecule has 108 valence electrons. The van der Waals surface area contributed by atoms with Crippen LogP contribution in [-0.4, -0.2) is 24.9 Å². The van der Waals surface area contributed by atoms with Gasteiger partial charge in [0, 0.05) is 30.9 Å². The lowest BCUT2D eigenvalue weighted by Crippen LogP contribution is -2.29. The van der Waals surface area contributed by atoms with Crippen LogP contribution in [0.3, 0.4) is 0 Å². The first kappa shape index (κ1) is 14.5. The number of carbonyl (C=O) groups is 2. The molecule has 5 heteroatoms. The van der Waals surface area contributed by atoms with Gasteiger partial charge in [-0.1, -0.05) is 13.0 Å². The van der Waals surface area contributed by atoms with Gasteiger partial charge in [0.25, 0.3) is 0 Å². The summed E-state index contributed by atoms with van der Waals surface area (Å²) in [5.74, 6) is -0.103. The Bertz CT molecular complexity index is 498. The Morgan fingerprint density at radius 2 is 2.30 bits per heavy atom. The summed E-state index contributed by atoms with van der Waals surface area (Å²) in [4.78, 5) is 25.5. The highest BCUT2D eigenvalue weighted by Gasteiger charge is 2.22. The van der Waals surface area contributed by atoms with Crippen LogP contribution in [0.5, 0.6) is 0 Å². The molecular formula is C15H21N3O2. The number of amides is 2. The number of hydrogen-bond acceptors (Lipinski definition) is 3. The lowest BCUT2D eigenvalue weighted by molar-refractivity contribution is -0.119. The molecule has 1 heterocycles. The van der Waals surface area contributed by atoms with Crippen LogP contribution in [0.25, 0.3) is 0 Å². The second-order valence-corrected chi connectivity index (χ2v) is 5.03. The van der Waals surface area contributed by atoms with Crippen LogP contribution in [0.2, 0.25) is 0 Å². The molecule has 1 aromatic carbocycles. The molecule has 0 bridgehead atoms. The smallest absolute Gasteiger partial charge is 0.228 e. The number of nitrogens with two attached hydrogens (primary N) is 1. The van der Waals surface area contributed by atoms with E-state index in [0.717, 1.165) is 18.7 Å². The quantitative estimate of drug-likeness (QED) is 0.859. The van der Waals surface area contributed by atoms with Gasteiger partial charge >= 0.3 is 0 Å². The molecule has 3 N–H and O–H groups in total. The molecule has 2 amide bonds. The van der Waals surface area contributed by atoms with E-state index in [0.29, 0.717) is 25.1 Å². The van der Waals surface area contributed by atoms with Gasteiger partial charge in [-0.05, 0) is 31.0 Å². The van der Waals surface area contributed by atoms with Crippen molar-refractivity contribution in [2.24, 2.45) is 11.7 Å². The third-order valence-electron chi connectivity index (χ3n) is 3.65. The zero-order valence-electron chi connectivity index (χ0n) is 11.8. The maximum absolute atomic E-state index is 12.0. The number of carbonyl (C=O) groups excluding carboxylic acids is 2. The van der Waals surface area contributed by atoms with Gasteiger partial charge in [0.15, 0.2) is 0 Å². The topological polar surface area (TPSA) is 75.4 Å². The molecular weight excluding hydrogens is 254 g/mol. The molecule has 1 aliphatic rings. The van der Waals surface area contributed by atoms with E-state index >= 15 is 0 Å². The standard InChI is InChI=1S/C15H21N3O2/c1-2-11(10-16)15(20)17-12-5-3-6-13(9-12)18-8-4-7-14(18)19/h3,5-6,9,11H,2,4,7-8,10,16H2,1H3,(H,17,20). The van der Waals surface area contributed by atoms with E-state index in [2.05, 4.69) is 5.32 Å².